The summed E-state index contributed by atoms with van der Waals surface area (Å²) < 4.78 is 0. The van der Waals surface area contributed by atoms with Gasteiger partial charge in [-0.05, 0) is 31.0 Å². The highest BCUT2D eigenvalue weighted by atomic mass is 35.5. The highest BCUT2D eigenvalue weighted by Gasteiger charge is 2.37. The molecule has 2 aliphatic rings. The Labute approximate surface area is 151 Å². The normalized spacial score (nSPS) is 20.3. The van der Waals surface area contributed by atoms with E-state index in [4.69, 9.17) is 11.6 Å². The van der Waals surface area contributed by atoms with Crippen molar-refractivity contribution in [3.63, 3.8) is 0 Å². The zero-order valence-corrected chi connectivity index (χ0v) is 14.8. The van der Waals surface area contributed by atoms with Crippen LogP contribution < -0.4 is 10.2 Å². The summed E-state index contributed by atoms with van der Waals surface area (Å²) in [7, 11) is 1.57. The van der Waals surface area contributed by atoms with Crippen molar-refractivity contribution in [1.29, 1.82) is 0 Å². The van der Waals surface area contributed by atoms with E-state index in [1.807, 2.05) is 6.07 Å². The molecule has 3 rings (SSSR count). The third-order valence-corrected chi connectivity index (χ3v) is 4.90. The Balaban J connectivity index is 1.65. The van der Waals surface area contributed by atoms with Gasteiger partial charge in [0.25, 0.3) is 0 Å². The van der Waals surface area contributed by atoms with Crippen molar-refractivity contribution >= 4 is 35.1 Å². The molecule has 2 fully saturated rings. The van der Waals surface area contributed by atoms with E-state index >= 15 is 0 Å². The largest absolute Gasteiger partial charge is 0.357 e. The number of carbonyl (C=O) groups excluding carboxylic acids is 3. The van der Waals surface area contributed by atoms with Crippen LogP contribution in [0.1, 0.15) is 12.8 Å². The highest BCUT2D eigenvalue weighted by molar-refractivity contribution is 6.30. The molecule has 8 heteroatoms. The molecule has 1 unspecified atom stereocenters. The van der Waals surface area contributed by atoms with Crippen LogP contribution in [0.15, 0.2) is 24.3 Å². The number of nitrogens with zero attached hydrogens (tertiary/aromatic N) is 3. The average Bonchev–Trinajstić information content (AvgIpc) is 3.22. The molecule has 2 saturated heterocycles. The summed E-state index contributed by atoms with van der Waals surface area (Å²) in [4.78, 5) is 41.8. The zero-order valence-electron chi connectivity index (χ0n) is 14.1. The van der Waals surface area contributed by atoms with Crippen molar-refractivity contribution in [2.45, 2.75) is 18.9 Å². The van der Waals surface area contributed by atoms with Crippen LogP contribution in [-0.4, -0.2) is 66.9 Å². The van der Waals surface area contributed by atoms with E-state index < -0.39 is 6.04 Å². The number of likely N-dealkylation sites (N-methyl/N-ethyl adjacent to an activating group) is 1. The third-order valence-electron chi connectivity index (χ3n) is 4.66. The number of carbonyl (C=O) groups is 3. The lowest BCUT2D eigenvalue weighted by Gasteiger charge is -2.26. The third kappa shape index (κ3) is 3.56. The molecular formula is C17H21ClN4O3. The van der Waals surface area contributed by atoms with E-state index in [2.05, 4.69) is 5.32 Å². The SMILES string of the molecule is CNC(=O)C1CCCN1C(=O)CN1CCN(c2cccc(Cl)c2)C1=O. The summed E-state index contributed by atoms with van der Waals surface area (Å²) in [5, 5.41) is 3.15. The van der Waals surface area contributed by atoms with Gasteiger partial charge in [0.2, 0.25) is 11.8 Å². The number of halogens is 1. The van der Waals surface area contributed by atoms with Crippen LogP contribution in [-0.2, 0) is 9.59 Å². The number of amides is 4. The number of benzene rings is 1. The number of hydrogen-bond acceptors (Lipinski definition) is 3. The average molecular weight is 365 g/mol. The van der Waals surface area contributed by atoms with Crippen LogP contribution in [0.4, 0.5) is 10.5 Å². The van der Waals surface area contributed by atoms with E-state index in [9.17, 15) is 14.4 Å². The lowest BCUT2D eigenvalue weighted by molar-refractivity contribution is -0.138. The first-order valence-corrected chi connectivity index (χ1v) is 8.72. The van der Waals surface area contributed by atoms with Crippen LogP contribution in [0.2, 0.25) is 5.02 Å². The Kier molecular flexibility index (Phi) is 5.13. The molecule has 1 atom stereocenters. The van der Waals surface area contributed by atoms with Crippen molar-refractivity contribution in [3.8, 4) is 0 Å². The molecule has 2 aliphatic heterocycles. The minimum Gasteiger partial charge on any atom is -0.357 e. The number of likely N-dealkylation sites (tertiary alicyclic amines) is 1. The fourth-order valence-corrected chi connectivity index (χ4v) is 3.56. The second kappa shape index (κ2) is 7.31. The number of nitrogens with one attached hydrogen (secondary N) is 1. The molecular weight excluding hydrogens is 344 g/mol. The van der Waals surface area contributed by atoms with Crippen molar-refractivity contribution in [2.75, 3.05) is 38.1 Å². The fourth-order valence-electron chi connectivity index (χ4n) is 3.37. The second-order valence-electron chi connectivity index (χ2n) is 6.20. The molecule has 0 spiro atoms. The Morgan fingerprint density at radius 2 is 2.08 bits per heavy atom. The molecule has 1 N–H and O–H groups in total. The number of anilines is 1. The van der Waals surface area contributed by atoms with Crippen LogP contribution in [0.25, 0.3) is 0 Å². The first-order chi connectivity index (χ1) is 12.0. The molecule has 2 heterocycles. The minimum atomic E-state index is -0.431. The minimum absolute atomic E-state index is 0.0105. The summed E-state index contributed by atoms with van der Waals surface area (Å²) in [5.74, 6) is -0.341. The van der Waals surface area contributed by atoms with E-state index in [1.165, 1.54) is 4.90 Å². The molecule has 25 heavy (non-hydrogen) atoms. The summed E-state index contributed by atoms with van der Waals surface area (Å²) in [6, 6.07) is 6.44. The van der Waals surface area contributed by atoms with Gasteiger partial charge in [-0.1, -0.05) is 17.7 Å². The van der Waals surface area contributed by atoms with Gasteiger partial charge >= 0.3 is 6.03 Å². The van der Waals surface area contributed by atoms with Gasteiger partial charge in [-0.15, -0.1) is 0 Å². The van der Waals surface area contributed by atoms with Gasteiger partial charge in [-0.25, -0.2) is 4.79 Å². The predicted octanol–water partition coefficient (Wildman–Crippen LogP) is 1.32. The maximum atomic E-state index is 12.6. The molecule has 0 bridgehead atoms. The van der Waals surface area contributed by atoms with Crippen molar-refractivity contribution in [2.24, 2.45) is 0 Å². The van der Waals surface area contributed by atoms with E-state index in [-0.39, 0.29) is 24.4 Å². The summed E-state index contributed by atoms with van der Waals surface area (Å²) in [6.45, 7) is 1.52. The molecule has 0 radical (unpaired) electrons. The van der Waals surface area contributed by atoms with Gasteiger partial charge in [0, 0.05) is 37.4 Å². The van der Waals surface area contributed by atoms with Gasteiger partial charge in [-0.3, -0.25) is 14.5 Å². The molecule has 0 saturated carbocycles. The molecule has 134 valence electrons. The van der Waals surface area contributed by atoms with Crippen molar-refractivity contribution in [1.82, 2.24) is 15.1 Å². The van der Waals surface area contributed by atoms with Gasteiger partial charge < -0.3 is 15.1 Å². The number of hydrogen-bond donors (Lipinski definition) is 1. The first-order valence-electron chi connectivity index (χ1n) is 8.34. The predicted molar refractivity (Wildman–Crippen MR) is 94.6 cm³/mol. The Hall–Kier alpha value is -2.28. The zero-order chi connectivity index (χ0) is 18.0. The van der Waals surface area contributed by atoms with Gasteiger partial charge in [0.15, 0.2) is 0 Å². The van der Waals surface area contributed by atoms with Crippen molar-refractivity contribution in [3.05, 3.63) is 29.3 Å². The summed E-state index contributed by atoms with van der Waals surface area (Å²) >= 11 is 5.99. The summed E-state index contributed by atoms with van der Waals surface area (Å²) in [5.41, 5.74) is 0.719. The lowest BCUT2D eigenvalue weighted by Crippen LogP contribution is -2.48. The number of rotatable bonds is 4. The lowest BCUT2D eigenvalue weighted by atomic mass is 10.2. The van der Waals surface area contributed by atoms with Crippen molar-refractivity contribution < 1.29 is 14.4 Å². The monoisotopic (exact) mass is 364 g/mol. The van der Waals surface area contributed by atoms with Crippen LogP contribution >= 0.6 is 11.6 Å². The first kappa shape index (κ1) is 17.5. The smallest absolute Gasteiger partial charge is 0.325 e. The molecule has 0 aromatic heterocycles. The summed E-state index contributed by atoms with van der Waals surface area (Å²) in [6.07, 6.45) is 1.46. The standard InChI is InChI=1S/C17H21ClN4O3/c1-19-16(24)14-6-3-7-22(14)15(23)11-20-8-9-21(17(20)25)13-5-2-4-12(18)10-13/h2,4-5,10,14H,3,6-9,11H2,1H3,(H,19,24). The van der Waals surface area contributed by atoms with Gasteiger partial charge in [0.05, 0.1) is 0 Å². The highest BCUT2D eigenvalue weighted by Crippen LogP contribution is 2.24. The number of urea groups is 1. The van der Waals surface area contributed by atoms with Crippen LogP contribution in [0, 0.1) is 0 Å². The topological polar surface area (TPSA) is 73.0 Å². The Morgan fingerprint density at radius 3 is 2.80 bits per heavy atom. The molecule has 1 aromatic carbocycles. The quantitative estimate of drug-likeness (QED) is 0.875. The van der Waals surface area contributed by atoms with Gasteiger partial charge in [0.1, 0.15) is 12.6 Å². The van der Waals surface area contributed by atoms with Gasteiger partial charge in [-0.2, -0.15) is 0 Å². The fraction of sp³-hybridized carbons (Fsp3) is 0.471. The molecule has 0 aliphatic carbocycles. The molecule has 4 amide bonds. The molecule has 1 aromatic rings. The van der Waals surface area contributed by atoms with E-state index in [0.29, 0.717) is 31.1 Å². The Morgan fingerprint density at radius 1 is 1.28 bits per heavy atom. The van der Waals surface area contributed by atoms with E-state index in [0.717, 1.165) is 12.1 Å². The Bertz CT molecular complexity index is 696. The van der Waals surface area contributed by atoms with Crippen LogP contribution in [0.3, 0.4) is 0 Å². The second-order valence-corrected chi connectivity index (χ2v) is 6.63. The maximum absolute atomic E-state index is 12.6. The maximum Gasteiger partial charge on any atom is 0.325 e. The van der Waals surface area contributed by atoms with Crippen LogP contribution in [0.5, 0.6) is 0 Å². The molecule has 7 nitrogen and oxygen atoms in total. The van der Waals surface area contributed by atoms with E-state index in [1.54, 1.807) is 35.0 Å².